The molecule has 190 valence electrons. The van der Waals surface area contributed by atoms with Crippen molar-refractivity contribution in [1.82, 2.24) is 14.7 Å². The number of nitrogens with zero attached hydrogens (tertiary/aromatic N) is 3. The second kappa shape index (κ2) is 9.20. The predicted octanol–water partition coefficient (Wildman–Crippen LogP) is 2.58. The maximum absolute atomic E-state index is 13.6. The summed E-state index contributed by atoms with van der Waals surface area (Å²) in [7, 11) is 0. The van der Waals surface area contributed by atoms with Gasteiger partial charge in [-0.3, -0.25) is 24.2 Å². The van der Waals surface area contributed by atoms with Crippen LogP contribution >= 0.6 is 0 Å². The summed E-state index contributed by atoms with van der Waals surface area (Å²) in [5.74, 6) is -1.24. The Bertz CT molecular complexity index is 998. The Morgan fingerprint density at radius 2 is 1.69 bits per heavy atom. The number of carbonyl (C=O) groups excluding carboxylic acids is 3. The van der Waals surface area contributed by atoms with Crippen molar-refractivity contribution >= 4 is 17.7 Å². The van der Waals surface area contributed by atoms with E-state index < -0.39 is 29.0 Å². The average Bonchev–Trinajstić information content (AvgIpc) is 3.65. The molecule has 1 aliphatic carbocycles. The summed E-state index contributed by atoms with van der Waals surface area (Å²) in [6.45, 7) is 4.18. The van der Waals surface area contributed by atoms with E-state index in [1.165, 1.54) is 17.0 Å². The monoisotopic (exact) mass is 493 g/mol. The highest BCUT2D eigenvalue weighted by Crippen LogP contribution is 2.45. The van der Waals surface area contributed by atoms with Gasteiger partial charge in [0.15, 0.2) is 0 Å². The van der Waals surface area contributed by atoms with Crippen molar-refractivity contribution in [1.29, 1.82) is 0 Å². The number of rotatable bonds is 5. The van der Waals surface area contributed by atoms with E-state index in [0.717, 1.165) is 38.1 Å². The molecular formula is C25H30F3N3O4. The van der Waals surface area contributed by atoms with Crippen molar-refractivity contribution in [2.75, 3.05) is 39.4 Å². The van der Waals surface area contributed by atoms with Gasteiger partial charge in [-0.05, 0) is 37.3 Å². The molecule has 0 radical (unpaired) electrons. The number of morpholine rings is 1. The first-order valence-corrected chi connectivity index (χ1v) is 12.3. The van der Waals surface area contributed by atoms with Crippen LogP contribution in [-0.4, -0.2) is 83.9 Å². The number of benzene rings is 1. The number of halogens is 3. The van der Waals surface area contributed by atoms with E-state index in [1.807, 2.05) is 0 Å². The Hall–Kier alpha value is -2.46. The van der Waals surface area contributed by atoms with Crippen molar-refractivity contribution in [2.45, 2.75) is 62.2 Å². The van der Waals surface area contributed by atoms with Gasteiger partial charge in [0.1, 0.15) is 0 Å². The number of piperidine rings is 1. The highest BCUT2D eigenvalue weighted by Gasteiger charge is 2.57. The van der Waals surface area contributed by atoms with Gasteiger partial charge in [0, 0.05) is 51.1 Å². The molecule has 3 aliphatic heterocycles. The Morgan fingerprint density at radius 1 is 1.00 bits per heavy atom. The van der Waals surface area contributed by atoms with E-state index >= 15 is 0 Å². The van der Waals surface area contributed by atoms with Gasteiger partial charge in [-0.2, -0.15) is 13.2 Å². The smallest absolute Gasteiger partial charge is 0.379 e. The van der Waals surface area contributed by atoms with Crippen LogP contribution in [0.25, 0.3) is 0 Å². The molecule has 0 spiro atoms. The van der Waals surface area contributed by atoms with E-state index in [-0.39, 0.29) is 30.4 Å². The Balaban J connectivity index is 1.37. The van der Waals surface area contributed by atoms with Gasteiger partial charge in [-0.25, -0.2) is 0 Å². The van der Waals surface area contributed by atoms with Crippen LogP contribution in [0, 0.1) is 0 Å². The zero-order valence-corrected chi connectivity index (χ0v) is 19.6. The van der Waals surface area contributed by atoms with Crippen LogP contribution < -0.4 is 0 Å². The topological polar surface area (TPSA) is 70.2 Å². The summed E-state index contributed by atoms with van der Waals surface area (Å²) >= 11 is 0. The molecule has 5 rings (SSSR count). The number of carbonyl (C=O) groups is 3. The van der Waals surface area contributed by atoms with Crippen molar-refractivity contribution in [3.8, 4) is 0 Å². The molecule has 1 atom stereocenters. The van der Waals surface area contributed by atoms with Gasteiger partial charge >= 0.3 is 6.18 Å². The van der Waals surface area contributed by atoms with Crippen LogP contribution in [-0.2, 0) is 30.7 Å². The molecule has 3 amide bonds. The molecule has 1 unspecified atom stereocenters. The molecule has 1 saturated carbocycles. The molecular weight excluding hydrogens is 463 g/mol. The van der Waals surface area contributed by atoms with Crippen LogP contribution in [0.4, 0.5) is 13.2 Å². The van der Waals surface area contributed by atoms with Crippen molar-refractivity contribution < 1.29 is 32.3 Å². The van der Waals surface area contributed by atoms with E-state index in [0.29, 0.717) is 45.2 Å². The summed E-state index contributed by atoms with van der Waals surface area (Å²) in [6.07, 6.45) is -2.20. The molecule has 3 heterocycles. The van der Waals surface area contributed by atoms with Crippen LogP contribution in [0.5, 0.6) is 0 Å². The van der Waals surface area contributed by atoms with E-state index in [4.69, 9.17) is 4.74 Å². The number of alkyl halides is 3. The molecule has 0 bridgehead atoms. The lowest BCUT2D eigenvalue weighted by Crippen LogP contribution is -2.51. The number of imide groups is 1. The summed E-state index contributed by atoms with van der Waals surface area (Å²) in [4.78, 5) is 45.1. The SMILES string of the molecule is O=C(CC1(c2cccc(C(F)(F)F)c2)CC(=O)N(C2CC2)C1=O)N1CCC(N2CCOCC2)CC1. The van der Waals surface area contributed by atoms with Gasteiger partial charge in [0.25, 0.3) is 0 Å². The van der Waals surface area contributed by atoms with Crippen LogP contribution in [0.3, 0.4) is 0 Å². The second-order valence-corrected chi connectivity index (χ2v) is 10.1. The first-order valence-electron chi connectivity index (χ1n) is 12.3. The van der Waals surface area contributed by atoms with Gasteiger partial charge in [0.05, 0.1) is 24.2 Å². The maximum Gasteiger partial charge on any atom is 0.416 e. The zero-order valence-electron chi connectivity index (χ0n) is 19.6. The number of amides is 3. The standard InChI is InChI=1S/C25H30F3N3O4/c26-25(27,28)18-3-1-2-17(14-18)24(16-22(33)31(23(24)34)20-4-5-20)15-21(32)30-8-6-19(7-9-30)29-10-12-35-13-11-29/h1-3,14,19-20H,4-13,15-16H2. The van der Waals surface area contributed by atoms with Crippen molar-refractivity contribution in [3.05, 3.63) is 35.4 Å². The van der Waals surface area contributed by atoms with Gasteiger partial charge in [-0.1, -0.05) is 18.2 Å². The summed E-state index contributed by atoms with van der Waals surface area (Å²) < 4.78 is 45.8. The average molecular weight is 494 g/mol. The molecule has 1 aromatic carbocycles. The Kier molecular flexibility index (Phi) is 6.37. The minimum absolute atomic E-state index is 0.0883. The summed E-state index contributed by atoms with van der Waals surface area (Å²) in [5, 5.41) is 0. The minimum Gasteiger partial charge on any atom is -0.379 e. The van der Waals surface area contributed by atoms with Crippen LogP contribution in [0.15, 0.2) is 24.3 Å². The lowest BCUT2D eigenvalue weighted by Gasteiger charge is -2.40. The normalized spacial score (nSPS) is 27.1. The number of hydrogen-bond donors (Lipinski definition) is 0. The summed E-state index contributed by atoms with van der Waals surface area (Å²) in [6, 6.07) is 4.71. The largest absolute Gasteiger partial charge is 0.416 e. The molecule has 35 heavy (non-hydrogen) atoms. The van der Waals surface area contributed by atoms with Crippen molar-refractivity contribution in [2.24, 2.45) is 0 Å². The highest BCUT2D eigenvalue weighted by molar-refractivity contribution is 6.11. The molecule has 1 aromatic rings. The third kappa shape index (κ3) is 4.70. The fourth-order valence-corrected chi connectivity index (χ4v) is 5.72. The van der Waals surface area contributed by atoms with E-state index in [2.05, 4.69) is 4.90 Å². The van der Waals surface area contributed by atoms with Crippen LogP contribution in [0.2, 0.25) is 0 Å². The molecule has 7 nitrogen and oxygen atoms in total. The molecule has 3 saturated heterocycles. The molecule has 4 aliphatic rings. The third-order valence-electron chi connectivity index (χ3n) is 7.84. The zero-order chi connectivity index (χ0) is 24.8. The molecule has 4 fully saturated rings. The van der Waals surface area contributed by atoms with Gasteiger partial charge in [-0.15, -0.1) is 0 Å². The summed E-state index contributed by atoms with van der Waals surface area (Å²) in [5.41, 5.74) is -2.40. The Labute approximate surface area is 202 Å². The first-order chi connectivity index (χ1) is 16.7. The fraction of sp³-hybridized carbons (Fsp3) is 0.640. The number of ether oxygens (including phenoxy) is 1. The fourth-order valence-electron chi connectivity index (χ4n) is 5.72. The quantitative estimate of drug-likeness (QED) is 0.590. The van der Waals surface area contributed by atoms with Gasteiger partial charge in [0.2, 0.25) is 17.7 Å². The molecule has 0 aromatic heterocycles. The molecule has 10 heteroatoms. The Morgan fingerprint density at radius 3 is 2.31 bits per heavy atom. The van der Waals surface area contributed by atoms with E-state index in [9.17, 15) is 27.6 Å². The third-order valence-corrected chi connectivity index (χ3v) is 7.84. The second-order valence-electron chi connectivity index (χ2n) is 10.1. The lowest BCUT2D eigenvalue weighted by atomic mass is 9.75. The molecule has 0 N–H and O–H groups in total. The highest BCUT2D eigenvalue weighted by atomic mass is 19.4. The van der Waals surface area contributed by atoms with Crippen molar-refractivity contribution in [3.63, 3.8) is 0 Å². The van der Waals surface area contributed by atoms with E-state index in [1.54, 1.807) is 4.90 Å². The minimum atomic E-state index is -4.59. The number of hydrogen-bond acceptors (Lipinski definition) is 5. The predicted molar refractivity (Wildman–Crippen MR) is 119 cm³/mol. The first kappa shape index (κ1) is 24.2. The van der Waals surface area contributed by atoms with Gasteiger partial charge < -0.3 is 9.64 Å². The maximum atomic E-state index is 13.6. The lowest BCUT2D eigenvalue weighted by molar-refractivity contribution is -0.144. The number of likely N-dealkylation sites (tertiary alicyclic amines) is 2. The van der Waals surface area contributed by atoms with Crippen LogP contribution in [0.1, 0.15) is 49.7 Å².